The van der Waals surface area contributed by atoms with Crippen molar-refractivity contribution >= 4 is 44.4 Å². The number of hydrogen-bond donors (Lipinski definition) is 1. The van der Waals surface area contributed by atoms with Crippen LogP contribution in [0.4, 0.5) is 5.69 Å². The molecule has 1 N–H and O–H groups in total. The van der Waals surface area contributed by atoms with Gasteiger partial charge in [0.1, 0.15) is 0 Å². The first-order chi connectivity index (χ1) is 15.5. The maximum absolute atomic E-state index is 12.9. The summed E-state index contributed by atoms with van der Waals surface area (Å²) in [5.41, 5.74) is 4.38. The standard InChI is InChI=1S/C24H32N4O3S2/c1-7-8-13-28-22-12-11-19(33(30,31)27(5)6)15-21(22)26-24(28)32-18(4)23(29)25-20-14-16(2)9-10-17(20)3/h9-12,14-15,18H,7-8,13H2,1-6H3,(H,25,29). The zero-order chi connectivity index (χ0) is 24.3. The summed E-state index contributed by atoms with van der Waals surface area (Å²) < 4.78 is 28.4. The first kappa shape index (κ1) is 25.3. The molecule has 0 fully saturated rings. The molecule has 0 aliphatic carbocycles. The molecule has 0 bridgehead atoms. The minimum atomic E-state index is -3.55. The Morgan fingerprint density at radius 1 is 1.18 bits per heavy atom. The summed E-state index contributed by atoms with van der Waals surface area (Å²) in [6.45, 7) is 8.69. The molecule has 0 radical (unpaired) electrons. The first-order valence-corrected chi connectivity index (χ1v) is 13.3. The number of fused-ring (bicyclic) bond motifs is 1. The SMILES string of the molecule is CCCCn1c(SC(C)C(=O)Nc2cc(C)ccc2C)nc2cc(S(=O)(=O)N(C)C)ccc21. The van der Waals surface area contributed by atoms with Gasteiger partial charge in [0, 0.05) is 26.3 Å². The number of hydrogen-bond acceptors (Lipinski definition) is 5. The highest BCUT2D eigenvalue weighted by atomic mass is 32.2. The van der Waals surface area contributed by atoms with E-state index in [2.05, 4.69) is 16.8 Å². The number of thioether (sulfide) groups is 1. The van der Waals surface area contributed by atoms with Gasteiger partial charge in [0.2, 0.25) is 15.9 Å². The number of nitrogens with zero attached hydrogens (tertiary/aromatic N) is 3. The Bertz CT molecular complexity index is 1270. The lowest BCUT2D eigenvalue weighted by atomic mass is 10.1. The number of aryl methyl sites for hydroxylation is 3. The van der Waals surface area contributed by atoms with Crippen molar-refractivity contribution in [2.24, 2.45) is 0 Å². The van der Waals surface area contributed by atoms with Gasteiger partial charge in [0.05, 0.1) is 21.2 Å². The fraction of sp³-hybridized carbons (Fsp3) is 0.417. The summed E-state index contributed by atoms with van der Waals surface area (Å²) in [6.07, 6.45) is 1.97. The average molecular weight is 489 g/mol. The molecule has 0 spiro atoms. The molecule has 178 valence electrons. The summed E-state index contributed by atoms with van der Waals surface area (Å²) in [7, 11) is -0.533. The molecule has 3 aromatic rings. The Labute approximate surface area is 200 Å². The second-order valence-electron chi connectivity index (χ2n) is 8.41. The monoisotopic (exact) mass is 488 g/mol. The Hall–Kier alpha value is -2.36. The predicted octanol–water partition coefficient (Wildman–Crippen LogP) is 4.82. The molecular formula is C24H32N4O3S2. The molecule has 2 aromatic carbocycles. The number of carbonyl (C=O) groups excluding carboxylic acids is 1. The van der Waals surface area contributed by atoms with E-state index in [-0.39, 0.29) is 16.1 Å². The van der Waals surface area contributed by atoms with Crippen LogP contribution >= 0.6 is 11.8 Å². The summed E-state index contributed by atoms with van der Waals surface area (Å²) in [5, 5.41) is 3.35. The van der Waals surface area contributed by atoms with E-state index < -0.39 is 10.0 Å². The van der Waals surface area contributed by atoms with Crippen molar-refractivity contribution in [1.82, 2.24) is 13.9 Å². The number of sulfonamides is 1. The van der Waals surface area contributed by atoms with Gasteiger partial charge in [-0.1, -0.05) is 37.2 Å². The van der Waals surface area contributed by atoms with Crippen LogP contribution in [0.3, 0.4) is 0 Å². The minimum absolute atomic E-state index is 0.0985. The number of rotatable bonds is 9. The Morgan fingerprint density at radius 3 is 2.58 bits per heavy atom. The van der Waals surface area contributed by atoms with E-state index in [0.29, 0.717) is 10.7 Å². The molecule has 0 aliphatic heterocycles. The van der Waals surface area contributed by atoms with Crippen LogP contribution in [-0.4, -0.2) is 47.5 Å². The van der Waals surface area contributed by atoms with Crippen molar-refractivity contribution in [1.29, 1.82) is 0 Å². The Morgan fingerprint density at radius 2 is 1.91 bits per heavy atom. The van der Waals surface area contributed by atoms with Crippen molar-refractivity contribution in [2.75, 3.05) is 19.4 Å². The molecule has 3 rings (SSSR count). The van der Waals surface area contributed by atoms with Crippen molar-refractivity contribution in [3.63, 3.8) is 0 Å². The predicted molar refractivity (Wildman–Crippen MR) is 135 cm³/mol. The highest BCUT2D eigenvalue weighted by molar-refractivity contribution is 8.00. The van der Waals surface area contributed by atoms with Crippen LogP contribution in [0, 0.1) is 13.8 Å². The van der Waals surface area contributed by atoms with Gasteiger partial charge in [0.15, 0.2) is 5.16 Å². The third-order valence-electron chi connectivity index (χ3n) is 5.50. The average Bonchev–Trinajstić information content (AvgIpc) is 3.10. The lowest BCUT2D eigenvalue weighted by Crippen LogP contribution is -2.23. The third-order valence-corrected chi connectivity index (χ3v) is 8.40. The molecular weight excluding hydrogens is 456 g/mol. The zero-order valence-electron chi connectivity index (χ0n) is 20.0. The number of amides is 1. The Kier molecular flexibility index (Phi) is 7.87. The lowest BCUT2D eigenvalue weighted by molar-refractivity contribution is -0.115. The molecule has 1 amide bonds. The second kappa shape index (κ2) is 10.3. The fourth-order valence-electron chi connectivity index (χ4n) is 3.40. The molecule has 1 unspecified atom stereocenters. The van der Waals surface area contributed by atoms with Gasteiger partial charge in [0.25, 0.3) is 0 Å². The van der Waals surface area contributed by atoms with E-state index in [1.165, 1.54) is 30.2 Å². The lowest BCUT2D eigenvalue weighted by Gasteiger charge is -2.15. The summed E-state index contributed by atoms with van der Waals surface area (Å²) >= 11 is 1.38. The van der Waals surface area contributed by atoms with Crippen LogP contribution in [0.2, 0.25) is 0 Å². The first-order valence-electron chi connectivity index (χ1n) is 11.0. The highest BCUT2D eigenvalue weighted by Crippen LogP contribution is 2.30. The Balaban J connectivity index is 1.91. The van der Waals surface area contributed by atoms with Gasteiger partial charge in [-0.2, -0.15) is 0 Å². The summed E-state index contributed by atoms with van der Waals surface area (Å²) in [5.74, 6) is -0.0985. The molecule has 1 aromatic heterocycles. The van der Waals surface area contributed by atoms with Gasteiger partial charge >= 0.3 is 0 Å². The van der Waals surface area contributed by atoms with Crippen LogP contribution < -0.4 is 5.32 Å². The highest BCUT2D eigenvalue weighted by Gasteiger charge is 2.22. The van der Waals surface area contributed by atoms with Crippen molar-refractivity contribution < 1.29 is 13.2 Å². The van der Waals surface area contributed by atoms with E-state index in [4.69, 9.17) is 4.98 Å². The minimum Gasteiger partial charge on any atom is -0.325 e. The van der Waals surface area contributed by atoms with E-state index in [9.17, 15) is 13.2 Å². The molecule has 1 atom stereocenters. The van der Waals surface area contributed by atoms with E-state index in [0.717, 1.165) is 41.7 Å². The quantitative estimate of drug-likeness (QED) is 0.437. The van der Waals surface area contributed by atoms with Crippen LogP contribution in [0.15, 0.2) is 46.5 Å². The molecule has 0 aliphatic rings. The number of unbranched alkanes of at least 4 members (excludes halogenated alkanes) is 1. The van der Waals surface area contributed by atoms with Gasteiger partial charge in [-0.3, -0.25) is 4.79 Å². The molecule has 1 heterocycles. The van der Waals surface area contributed by atoms with Gasteiger partial charge in [-0.15, -0.1) is 0 Å². The molecule has 0 saturated heterocycles. The zero-order valence-corrected chi connectivity index (χ0v) is 21.7. The van der Waals surface area contributed by atoms with Crippen molar-refractivity contribution in [3.05, 3.63) is 47.5 Å². The van der Waals surface area contributed by atoms with Crippen LogP contribution in [0.5, 0.6) is 0 Å². The van der Waals surface area contributed by atoms with E-state index in [1.54, 1.807) is 18.2 Å². The maximum Gasteiger partial charge on any atom is 0.242 e. The van der Waals surface area contributed by atoms with Crippen LogP contribution in [0.1, 0.15) is 37.8 Å². The van der Waals surface area contributed by atoms with Gasteiger partial charge in [-0.05, 0) is 62.6 Å². The molecule has 33 heavy (non-hydrogen) atoms. The summed E-state index contributed by atoms with van der Waals surface area (Å²) in [4.78, 5) is 17.9. The number of aromatic nitrogens is 2. The van der Waals surface area contributed by atoms with E-state index >= 15 is 0 Å². The number of imidazole rings is 1. The van der Waals surface area contributed by atoms with E-state index in [1.807, 2.05) is 39.0 Å². The largest absolute Gasteiger partial charge is 0.325 e. The number of nitrogens with one attached hydrogen (secondary N) is 1. The summed E-state index contributed by atoms with van der Waals surface area (Å²) in [6, 6.07) is 11.0. The van der Waals surface area contributed by atoms with Gasteiger partial charge < -0.3 is 9.88 Å². The number of carbonyl (C=O) groups is 1. The normalized spacial score (nSPS) is 12.9. The smallest absolute Gasteiger partial charge is 0.242 e. The van der Waals surface area contributed by atoms with Crippen LogP contribution in [0.25, 0.3) is 11.0 Å². The fourth-order valence-corrected chi connectivity index (χ4v) is 5.27. The van der Waals surface area contributed by atoms with Crippen molar-refractivity contribution in [3.8, 4) is 0 Å². The van der Waals surface area contributed by atoms with Crippen LogP contribution in [-0.2, 0) is 21.4 Å². The van der Waals surface area contributed by atoms with Gasteiger partial charge in [-0.25, -0.2) is 17.7 Å². The number of anilines is 1. The number of benzene rings is 2. The molecule has 7 nitrogen and oxygen atoms in total. The third kappa shape index (κ3) is 5.59. The molecule has 9 heteroatoms. The molecule has 0 saturated carbocycles. The topological polar surface area (TPSA) is 84.3 Å². The van der Waals surface area contributed by atoms with Crippen molar-refractivity contribution in [2.45, 2.75) is 62.4 Å². The second-order valence-corrected chi connectivity index (χ2v) is 11.9. The maximum atomic E-state index is 12.9.